The van der Waals surface area contributed by atoms with Crippen LogP contribution in [0.4, 0.5) is 5.82 Å². The molecule has 1 saturated heterocycles. The van der Waals surface area contributed by atoms with Gasteiger partial charge in [-0.2, -0.15) is 0 Å². The highest BCUT2D eigenvalue weighted by Gasteiger charge is 2.33. The fourth-order valence-electron chi connectivity index (χ4n) is 4.37. The van der Waals surface area contributed by atoms with Crippen LogP contribution in [0.2, 0.25) is 5.02 Å². The normalized spacial score (nSPS) is 21.9. The second-order valence-electron chi connectivity index (χ2n) is 8.03. The van der Waals surface area contributed by atoms with Crippen LogP contribution in [-0.4, -0.2) is 56.9 Å². The van der Waals surface area contributed by atoms with Gasteiger partial charge in [0.25, 0.3) is 0 Å². The number of nitrogens with one attached hydrogen (secondary N) is 2. The Balaban J connectivity index is 1.60. The Morgan fingerprint density at radius 3 is 2.96 bits per heavy atom. The number of halogens is 1. The Bertz CT molecular complexity index is 647. The summed E-state index contributed by atoms with van der Waals surface area (Å²) in [5.74, 6) is 1.80. The van der Waals surface area contributed by atoms with E-state index in [0.717, 1.165) is 57.4 Å². The van der Waals surface area contributed by atoms with Crippen molar-refractivity contribution in [1.29, 1.82) is 0 Å². The minimum Gasteiger partial charge on any atom is -0.385 e. The first-order chi connectivity index (χ1) is 13.7. The van der Waals surface area contributed by atoms with Crippen LogP contribution in [0.3, 0.4) is 0 Å². The molecule has 3 rings (SSSR count). The standard InChI is InChI=1S/C21H34ClN5O/c1-3-23-20(25-16-21(11-14-28-2)9-4-5-10-21)26-17-8-13-27(15-17)19-18(22)7-6-12-24-19/h6-7,12,17H,3-5,8-11,13-16H2,1-2H3,(H2,23,25,26). The third-order valence-corrected chi connectivity index (χ3v) is 6.28. The number of ether oxygens (including phenoxy) is 1. The third-order valence-electron chi connectivity index (χ3n) is 5.99. The van der Waals surface area contributed by atoms with Crippen molar-refractivity contribution in [3.05, 3.63) is 23.4 Å². The Morgan fingerprint density at radius 1 is 1.43 bits per heavy atom. The SMILES string of the molecule is CCNC(=NCC1(CCOC)CCCC1)NC1CCN(c2ncccc2Cl)C1. The van der Waals surface area contributed by atoms with Crippen LogP contribution in [0.25, 0.3) is 0 Å². The molecule has 1 aromatic rings. The Kier molecular flexibility index (Phi) is 7.80. The van der Waals surface area contributed by atoms with E-state index in [1.54, 1.807) is 13.3 Å². The highest BCUT2D eigenvalue weighted by atomic mass is 35.5. The molecule has 0 aromatic carbocycles. The lowest BCUT2D eigenvalue weighted by Gasteiger charge is -2.27. The molecule has 156 valence electrons. The molecule has 2 fully saturated rings. The fourth-order valence-corrected chi connectivity index (χ4v) is 4.61. The van der Waals surface area contributed by atoms with Gasteiger partial charge >= 0.3 is 0 Å². The van der Waals surface area contributed by atoms with Crippen molar-refractivity contribution in [1.82, 2.24) is 15.6 Å². The van der Waals surface area contributed by atoms with E-state index >= 15 is 0 Å². The summed E-state index contributed by atoms with van der Waals surface area (Å²) < 4.78 is 5.35. The molecular formula is C21H34ClN5O. The van der Waals surface area contributed by atoms with Crippen molar-refractivity contribution < 1.29 is 4.74 Å². The number of aliphatic imine (C=N–C) groups is 1. The van der Waals surface area contributed by atoms with Gasteiger partial charge in [-0.3, -0.25) is 4.99 Å². The van der Waals surface area contributed by atoms with Gasteiger partial charge in [0.2, 0.25) is 0 Å². The lowest BCUT2D eigenvalue weighted by Crippen LogP contribution is -2.45. The number of aromatic nitrogens is 1. The van der Waals surface area contributed by atoms with E-state index in [-0.39, 0.29) is 0 Å². The first-order valence-corrected chi connectivity index (χ1v) is 10.9. The number of pyridine rings is 1. The van der Waals surface area contributed by atoms with Gasteiger partial charge in [0.05, 0.1) is 5.02 Å². The van der Waals surface area contributed by atoms with Crippen LogP contribution in [0.5, 0.6) is 0 Å². The lowest BCUT2D eigenvalue weighted by molar-refractivity contribution is 0.141. The van der Waals surface area contributed by atoms with E-state index in [1.165, 1.54) is 25.7 Å². The predicted octanol–water partition coefficient (Wildman–Crippen LogP) is 3.47. The van der Waals surface area contributed by atoms with Crippen molar-refractivity contribution in [2.24, 2.45) is 10.4 Å². The van der Waals surface area contributed by atoms with E-state index in [2.05, 4.69) is 27.4 Å². The van der Waals surface area contributed by atoms with Gasteiger partial charge in [0.1, 0.15) is 5.82 Å². The summed E-state index contributed by atoms with van der Waals surface area (Å²) in [5, 5.41) is 7.76. The van der Waals surface area contributed by atoms with Gasteiger partial charge in [0, 0.05) is 52.1 Å². The summed E-state index contributed by atoms with van der Waals surface area (Å²) in [4.78, 5) is 11.7. The number of rotatable bonds is 8. The predicted molar refractivity (Wildman–Crippen MR) is 116 cm³/mol. The summed E-state index contributed by atoms with van der Waals surface area (Å²) in [6, 6.07) is 4.11. The zero-order chi connectivity index (χ0) is 19.8. The largest absolute Gasteiger partial charge is 0.385 e. The monoisotopic (exact) mass is 407 g/mol. The molecule has 7 heteroatoms. The molecule has 0 amide bonds. The number of guanidine groups is 1. The Morgan fingerprint density at radius 2 is 2.25 bits per heavy atom. The molecule has 1 aromatic heterocycles. The van der Waals surface area contributed by atoms with E-state index in [1.807, 2.05) is 12.1 Å². The molecule has 0 spiro atoms. The molecule has 0 radical (unpaired) electrons. The molecule has 1 aliphatic heterocycles. The minimum atomic E-state index is 0.307. The molecule has 28 heavy (non-hydrogen) atoms. The number of hydrogen-bond donors (Lipinski definition) is 2. The molecule has 2 heterocycles. The molecule has 0 bridgehead atoms. The Labute approximate surface area is 174 Å². The van der Waals surface area contributed by atoms with Crippen molar-refractivity contribution in [3.63, 3.8) is 0 Å². The first-order valence-electron chi connectivity index (χ1n) is 10.5. The number of anilines is 1. The lowest BCUT2D eigenvalue weighted by atomic mass is 9.83. The maximum absolute atomic E-state index is 6.32. The zero-order valence-electron chi connectivity index (χ0n) is 17.2. The highest BCUT2D eigenvalue weighted by molar-refractivity contribution is 6.32. The molecule has 1 saturated carbocycles. The van der Waals surface area contributed by atoms with Gasteiger partial charge < -0.3 is 20.3 Å². The van der Waals surface area contributed by atoms with Crippen LogP contribution >= 0.6 is 11.6 Å². The van der Waals surface area contributed by atoms with Crippen LogP contribution in [-0.2, 0) is 4.74 Å². The van der Waals surface area contributed by atoms with Crippen LogP contribution in [0, 0.1) is 5.41 Å². The van der Waals surface area contributed by atoms with Crippen molar-refractivity contribution in [3.8, 4) is 0 Å². The zero-order valence-corrected chi connectivity index (χ0v) is 18.0. The van der Waals surface area contributed by atoms with Crippen molar-refractivity contribution in [2.45, 2.75) is 51.5 Å². The highest BCUT2D eigenvalue weighted by Crippen LogP contribution is 2.41. The van der Waals surface area contributed by atoms with Gasteiger partial charge in [-0.05, 0) is 50.2 Å². The van der Waals surface area contributed by atoms with Gasteiger partial charge in [-0.15, -0.1) is 0 Å². The van der Waals surface area contributed by atoms with Gasteiger partial charge in [0.15, 0.2) is 5.96 Å². The van der Waals surface area contributed by atoms with E-state index in [0.29, 0.717) is 16.5 Å². The topological polar surface area (TPSA) is 61.8 Å². The summed E-state index contributed by atoms with van der Waals surface area (Å²) >= 11 is 6.32. The smallest absolute Gasteiger partial charge is 0.191 e. The van der Waals surface area contributed by atoms with Crippen LogP contribution in [0.1, 0.15) is 45.4 Å². The maximum Gasteiger partial charge on any atom is 0.191 e. The summed E-state index contributed by atoms with van der Waals surface area (Å²) in [7, 11) is 1.79. The molecule has 2 N–H and O–H groups in total. The minimum absolute atomic E-state index is 0.307. The van der Waals surface area contributed by atoms with E-state index in [9.17, 15) is 0 Å². The number of methoxy groups -OCH3 is 1. The van der Waals surface area contributed by atoms with E-state index < -0.39 is 0 Å². The van der Waals surface area contributed by atoms with Crippen molar-refractivity contribution >= 4 is 23.4 Å². The third kappa shape index (κ3) is 5.51. The molecule has 2 aliphatic rings. The van der Waals surface area contributed by atoms with Crippen molar-refractivity contribution in [2.75, 3.05) is 44.8 Å². The average molecular weight is 408 g/mol. The molecule has 1 atom stereocenters. The average Bonchev–Trinajstić information content (AvgIpc) is 3.35. The second-order valence-corrected chi connectivity index (χ2v) is 8.44. The quantitative estimate of drug-likeness (QED) is 0.510. The molecule has 1 unspecified atom stereocenters. The number of hydrogen-bond acceptors (Lipinski definition) is 4. The molecular weight excluding hydrogens is 374 g/mol. The van der Waals surface area contributed by atoms with Gasteiger partial charge in [-0.1, -0.05) is 24.4 Å². The fraction of sp³-hybridized carbons (Fsp3) is 0.714. The Hall–Kier alpha value is -1.53. The second kappa shape index (κ2) is 10.3. The summed E-state index contributed by atoms with van der Waals surface area (Å²) in [6.07, 6.45) is 9.09. The van der Waals surface area contributed by atoms with Crippen LogP contribution in [0.15, 0.2) is 23.3 Å². The van der Waals surface area contributed by atoms with Gasteiger partial charge in [-0.25, -0.2) is 4.98 Å². The van der Waals surface area contributed by atoms with E-state index in [4.69, 9.17) is 21.3 Å². The first kappa shape index (κ1) is 21.2. The number of nitrogens with zero attached hydrogens (tertiary/aromatic N) is 3. The van der Waals surface area contributed by atoms with Crippen LogP contribution < -0.4 is 15.5 Å². The summed E-state index contributed by atoms with van der Waals surface area (Å²) in [5.41, 5.74) is 0.307. The maximum atomic E-state index is 6.32. The molecule has 1 aliphatic carbocycles. The molecule has 6 nitrogen and oxygen atoms in total. The summed E-state index contributed by atoms with van der Waals surface area (Å²) in [6.45, 7) is 6.50.